The lowest BCUT2D eigenvalue weighted by Crippen LogP contribution is -2.49. The second kappa shape index (κ2) is 5.94. The fraction of sp³-hybridized carbons (Fsp3) is 0.667. The zero-order valence-electron chi connectivity index (χ0n) is 8.05. The zero-order valence-corrected chi connectivity index (χ0v) is 8.86. The Morgan fingerprint density at radius 3 is 3.15 bits per heavy atom. The fourth-order valence-corrected chi connectivity index (χ4v) is 1.38. The number of hydrogen-bond acceptors (Lipinski definition) is 2. The monoisotopic (exact) mass is 199 g/mol. The highest BCUT2D eigenvalue weighted by molar-refractivity contribution is 7.80. The third-order valence-corrected chi connectivity index (χ3v) is 2.28. The number of nitrogens with zero attached hydrogens (tertiary/aromatic N) is 1. The molecule has 4 heteroatoms. The molecule has 0 saturated heterocycles. The van der Waals surface area contributed by atoms with Crippen LogP contribution in [0.2, 0.25) is 0 Å². The van der Waals surface area contributed by atoms with Gasteiger partial charge in [0.2, 0.25) is 0 Å². The maximum atomic E-state index is 5.11. The van der Waals surface area contributed by atoms with Gasteiger partial charge in [0, 0.05) is 12.7 Å². The number of hydrogen-bond donors (Lipinski definition) is 2. The summed E-state index contributed by atoms with van der Waals surface area (Å²) in [6.45, 7) is 4.07. The molecule has 1 heterocycles. The van der Waals surface area contributed by atoms with Crippen LogP contribution in [0.3, 0.4) is 0 Å². The topological polar surface area (TPSA) is 27.3 Å². The lowest BCUT2D eigenvalue weighted by atomic mass is 10.2. The number of rotatable bonds is 5. The summed E-state index contributed by atoms with van der Waals surface area (Å²) in [4.78, 5) is 0. The highest BCUT2D eigenvalue weighted by atomic mass is 32.1. The molecule has 0 aromatic heterocycles. The first-order valence-electron chi connectivity index (χ1n) is 4.81. The first-order valence-corrected chi connectivity index (χ1v) is 5.22. The third kappa shape index (κ3) is 3.74. The number of nitrogens with one attached hydrogen (secondary N) is 2. The van der Waals surface area contributed by atoms with E-state index in [-0.39, 0.29) is 0 Å². The van der Waals surface area contributed by atoms with Crippen LogP contribution in [-0.4, -0.2) is 23.2 Å². The van der Waals surface area contributed by atoms with E-state index in [1.54, 1.807) is 0 Å². The van der Waals surface area contributed by atoms with Crippen molar-refractivity contribution in [1.82, 2.24) is 15.8 Å². The van der Waals surface area contributed by atoms with E-state index in [1.807, 2.05) is 17.3 Å². The van der Waals surface area contributed by atoms with Gasteiger partial charge in [-0.05, 0) is 24.7 Å². The van der Waals surface area contributed by atoms with Crippen LogP contribution in [0.15, 0.2) is 12.3 Å². The molecule has 0 bridgehead atoms. The molecule has 1 aliphatic rings. The van der Waals surface area contributed by atoms with E-state index in [1.165, 1.54) is 19.3 Å². The van der Waals surface area contributed by atoms with E-state index in [2.05, 4.69) is 17.7 Å². The van der Waals surface area contributed by atoms with E-state index >= 15 is 0 Å². The van der Waals surface area contributed by atoms with Crippen LogP contribution in [0, 0.1) is 0 Å². The zero-order chi connectivity index (χ0) is 9.52. The van der Waals surface area contributed by atoms with Crippen LogP contribution in [0.25, 0.3) is 0 Å². The van der Waals surface area contributed by atoms with E-state index in [0.29, 0.717) is 0 Å². The average molecular weight is 199 g/mol. The minimum absolute atomic E-state index is 0.763. The van der Waals surface area contributed by atoms with Gasteiger partial charge in [-0.25, -0.2) is 5.43 Å². The summed E-state index contributed by atoms with van der Waals surface area (Å²) in [5.41, 5.74) is 3.28. The Kier molecular flexibility index (Phi) is 4.78. The molecule has 0 aliphatic carbocycles. The van der Waals surface area contributed by atoms with E-state index < -0.39 is 0 Å². The van der Waals surface area contributed by atoms with Crippen molar-refractivity contribution in [3.63, 3.8) is 0 Å². The molecule has 0 spiro atoms. The quantitative estimate of drug-likeness (QED) is 0.517. The predicted molar refractivity (Wildman–Crippen MR) is 59.1 cm³/mol. The normalized spacial score (nSPS) is 16.1. The molecule has 74 valence electrons. The maximum absolute atomic E-state index is 5.11. The molecule has 0 saturated carbocycles. The Bertz CT molecular complexity index is 191. The standard InChI is InChI=1S/C9H17N3S/c1-2-3-4-7-11-12-8-5-6-10-9(12)13/h5-6,11H,2-4,7-8H2,1H3,(H,10,13). The summed E-state index contributed by atoms with van der Waals surface area (Å²) < 4.78 is 0. The first-order chi connectivity index (χ1) is 6.34. The largest absolute Gasteiger partial charge is 0.338 e. The minimum atomic E-state index is 0.763. The summed E-state index contributed by atoms with van der Waals surface area (Å²) in [6, 6.07) is 0. The molecule has 0 unspecified atom stereocenters. The van der Waals surface area contributed by atoms with Crippen LogP contribution in [-0.2, 0) is 0 Å². The fourth-order valence-electron chi connectivity index (χ4n) is 1.17. The summed E-state index contributed by atoms with van der Waals surface area (Å²) in [6.07, 6.45) is 7.66. The Balaban J connectivity index is 2.13. The van der Waals surface area contributed by atoms with Crippen molar-refractivity contribution >= 4 is 17.3 Å². The van der Waals surface area contributed by atoms with Crippen LogP contribution < -0.4 is 10.7 Å². The van der Waals surface area contributed by atoms with Crippen LogP contribution in [0.5, 0.6) is 0 Å². The molecule has 1 rings (SSSR count). The lowest BCUT2D eigenvalue weighted by molar-refractivity contribution is 0.324. The van der Waals surface area contributed by atoms with Gasteiger partial charge in [-0.1, -0.05) is 19.8 Å². The van der Waals surface area contributed by atoms with Crippen LogP contribution in [0.4, 0.5) is 0 Å². The Morgan fingerprint density at radius 2 is 2.46 bits per heavy atom. The molecule has 0 fully saturated rings. The van der Waals surface area contributed by atoms with Crippen LogP contribution >= 0.6 is 12.2 Å². The Hall–Kier alpha value is -0.610. The molecule has 0 atom stereocenters. The highest BCUT2D eigenvalue weighted by Gasteiger charge is 2.08. The average Bonchev–Trinajstić information content (AvgIpc) is 2.15. The molecule has 1 aliphatic heterocycles. The maximum Gasteiger partial charge on any atom is 0.187 e. The summed E-state index contributed by atoms with van der Waals surface area (Å²) >= 11 is 5.11. The van der Waals surface area contributed by atoms with E-state index in [4.69, 9.17) is 12.2 Å². The number of thiocarbonyl (C=S) groups is 1. The van der Waals surface area contributed by atoms with E-state index in [0.717, 1.165) is 18.2 Å². The molecule has 0 amide bonds. The minimum Gasteiger partial charge on any atom is -0.338 e. The number of hydrazine groups is 1. The third-order valence-electron chi connectivity index (χ3n) is 1.94. The SMILES string of the molecule is CCCCCNN1CC=CNC1=S. The Morgan fingerprint density at radius 1 is 1.62 bits per heavy atom. The molecule has 0 aromatic carbocycles. The van der Waals surface area contributed by atoms with Gasteiger partial charge in [-0.3, -0.25) is 5.01 Å². The van der Waals surface area contributed by atoms with Gasteiger partial charge in [-0.2, -0.15) is 0 Å². The van der Waals surface area contributed by atoms with Crippen molar-refractivity contribution in [2.75, 3.05) is 13.1 Å². The van der Waals surface area contributed by atoms with Gasteiger partial charge >= 0.3 is 0 Å². The number of unbranched alkanes of at least 4 members (excludes halogenated alkanes) is 2. The van der Waals surface area contributed by atoms with Gasteiger partial charge in [0.05, 0.1) is 6.54 Å². The molecular formula is C9H17N3S. The molecule has 0 aromatic rings. The first kappa shape index (κ1) is 10.5. The second-order valence-electron chi connectivity index (χ2n) is 3.08. The van der Waals surface area contributed by atoms with Gasteiger partial charge < -0.3 is 5.32 Å². The van der Waals surface area contributed by atoms with Gasteiger partial charge in [-0.15, -0.1) is 0 Å². The van der Waals surface area contributed by atoms with Gasteiger partial charge in [0.1, 0.15) is 0 Å². The highest BCUT2D eigenvalue weighted by Crippen LogP contribution is 1.95. The molecule has 0 radical (unpaired) electrons. The summed E-state index contributed by atoms with van der Waals surface area (Å²) in [5.74, 6) is 0. The summed E-state index contributed by atoms with van der Waals surface area (Å²) in [5, 5.41) is 5.71. The van der Waals surface area contributed by atoms with Crippen molar-refractivity contribution in [2.24, 2.45) is 0 Å². The van der Waals surface area contributed by atoms with E-state index in [9.17, 15) is 0 Å². The Labute approximate surface area is 85.2 Å². The molecule has 2 N–H and O–H groups in total. The van der Waals surface area contributed by atoms with Crippen molar-refractivity contribution in [1.29, 1.82) is 0 Å². The van der Waals surface area contributed by atoms with Crippen molar-refractivity contribution in [3.05, 3.63) is 12.3 Å². The van der Waals surface area contributed by atoms with Crippen molar-refractivity contribution in [2.45, 2.75) is 26.2 Å². The lowest BCUT2D eigenvalue weighted by Gasteiger charge is -2.27. The predicted octanol–water partition coefficient (Wildman–Crippen LogP) is 1.39. The molecule has 13 heavy (non-hydrogen) atoms. The van der Waals surface area contributed by atoms with Gasteiger partial charge in [0.25, 0.3) is 0 Å². The van der Waals surface area contributed by atoms with Crippen molar-refractivity contribution < 1.29 is 0 Å². The second-order valence-corrected chi connectivity index (χ2v) is 3.46. The molecular weight excluding hydrogens is 182 g/mol. The summed E-state index contributed by atoms with van der Waals surface area (Å²) in [7, 11) is 0. The van der Waals surface area contributed by atoms with Crippen LogP contribution in [0.1, 0.15) is 26.2 Å². The van der Waals surface area contributed by atoms with Crippen molar-refractivity contribution in [3.8, 4) is 0 Å². The smallest absolute Gasteiger partial charge is 0.187 e. The molecule has 3 nitrogen and oxygen atoms in total. The van der Waals surface area contributed by atoms with Gasteiger partial charge in [0.15, 0.2) is 5.11 Å².